The number of amides is 2. The molecule has 37 heavy (non-hydrogen) atoms. The molecule has 0 bridgehead atoms. The topological polar surface area (TPSA) is 84.9 Å². The van der Waals surface area contributed by atoms with Gasteiger partial charge in [0.1, 0.15) is 19.2 Å². The third-order valence-corrected chi connectivity index (χ3v) is 6.38. The first kappa shape index (κ1) is 25.7. The number of nitrogens with one attached hydrogen (secondary N) is 1. The Morgan fingerprint density at radius 2 is 1.57 bits per heavy atom. The van der Waals surface area contributed by atoms with Gasteiger partial charge in [-0.2, -0.15) is 0 Å². The molecule has 7 nitrogen and oxygen atoms in total. The van der Waals surface area contributed by atoms with Crippen LogP contribution in [0.15, 0.2) is 91.0 Å². The van der Waals surface area contributed by atoms with E-state index in [2.05, 4.69) is 5.32 Å². The average Bonchev–Trinajstić information content (AvgIpc) is 2.94. The molecule has 3 aromatic carbocycles. The summed E-state index contributed by atoms with van der Waals surface area (Å²) in [6, 6.07) is 25.6. The monoisotopic (exact) mass is 498 g/mol. The lowest BCUT2D eigenvalue weighted by Gasteiger charge is -2.34. The molecule has 0 saturated heterocycles. The number of para-hydroxylation sites is 1. The Morgan fingerprint density at radius 1 is 0.919 bits per heavy atom. The van der Waals surface area contributed by atoms with Crippen molar-refractivity contribution < 1.29 is 23.9 Å². The maximum absolute atomic E-state index is 14.0. The summed E-state index contributed by atoms with van der Waals surface area (Å²) in [5, 5.41) is 2.78. The molecule has 2 atom stereocenters. The fraction of sp³-hybridized carbons (Fsp3) is 0.233. The summed E-state index contributed by atoms with van der Waals surface area (Å²) in [4.78, 5) is 40.6. The van der Waals surface area contributed by atoms with Crippen molar-refractivity contribution in [2.45, 2.75) is 26.0 Å². The molecular formula is C30H30N2O5. The molecule has 0 spiro atoms. The standard InChI is InChI=1S/C30H30N2O5/c1-3-22-18-25(23-14-8-5-9-15-23)24-16-10-11-17-26(24)32(19-27(33)36-2)29(34)28(22)31-30(35)37-20-21-12-6-4-7-13-21/h4-18,22,28H,3,19-20H2,1-2H3,(H,31,35)/b25-18-. The van der Waals surface area contributed by atoms with E-state index in [1.165, 1.54) is 12.0 Å². The molecule has 0 aromatic heterocycles. The third kappa shape index (κ3) is 6.06. The van der Waals surface area contributed by atoms with Gasteiger partial charge in [0.15, 0.2) is 0 Å². The van der Waals surface area contributed by atoms with E-state index in [9.17, 15) is 14.4 Å². The van der Waals surface area contributed by atoms with Crippen molar-refractivity contribution in [3.63, 3.8) is 0 Å². The number of methoxy groups -OCH3 is 1. The van der Waals surface area contributed by atoms with Gasteiger partial charge in [-0.1, -0.05) is 91.9 Å². The Morgan fingerprint density at radius 3 is 2.24 bits per heavy atom. The highest BCUT2D eigenvalue weighted by Crippen LogP contribution is 2.36. The van der Waals surface area contributed by atoms with Crippen LogP contribution in [0.3, 0.4) is 0 Å². The van der Waals surface area contributed by atoms with Gasteiger partial charge in [-0.25, -0.2) is 4.79 Å². The second-order valence-electron chi connectivity index (χ2n) is 8.72. The lowest BCUT2D eigenvalue weighted by molar-refractivity contribution is -0.140. The minimum Gasteiger partial charge on any atom is -0.468 e. The van der Waals surface area contributed by atoms with Gasteiger partial charge >= 0.3 is 12.1 Å². The number of anilines is 1. The van der Waals surface area contributed by atoms with Crippen LogP contribution in [0.5, 0.6) is 0 Å². The summed E-state index contributed by atoms with van der Waals surface area (Å²) in [6.07, 6.45) is 1.89. The normalized spacial score (nSPS) is 18.5. The first-order valence-electron chi connectivity index (χ1n) is 12.2. The van der Waals surface area contributed by atoms with E-state index in [1.807, 2.05) is 91.9 Å². The largest absolute Gasteiger partial charge is 0.468 e. The quantitative estimate of drug-likeness (QED) is 0.466. The maximum Gasteiger partial charge on any atom is 0.408 e. The number of fused-ring (bicyclic) bond motifs is 1. The van der Waals surface area contributed by atoms with Crippen molar-refractivity contribution in [1.82, 2.24) is 5.32 Å². The van der Waals surface area contributed by atoms with E-state index in [4.69, 9.17) is 9.47 Å². The Balaban J connectivity index is 1.75. The van der Waals surface area contributed by atoms with E-state index in [0.717, 1.165) is 22.3 Å². The predicted octanol–water partition coefficient (Wildman–Crippen LogP) is 4.96. The molecular weight excluding hydrogens is 468 g/mol. The highest BCUT2D eigenvalue weighted by molar-refractivity contribution is 6.06. The van der Waals surface area contributed by atoms with Gasteiger partial charge in [0.25, 0.3) is 5.91 Å². The summed E-state index contributed by atoms with van der Waals surface area (Å²) in [5.74, 6) is -1.34. The lowest BCUT2D eigenvalue weighted by atomic mass is 9.85. The number of hydrogen-bond donors (Lipinski definition) is 1. The molecule has 0 fully saturated rings. The van der Waals surface area contributed by atoms with Gasteiger partial charge < -0.3 is 14.8 Å². The molecule has 2 unspecified atom stereocenters. The van der Waals surface area contributed by atoms with Crippen LogP contribution in [0.2, 0.25) is 0 Å². The SMILES string of the molecule is CCC1/C=C(/c2ccccc2)c2ccccc2N(CC(=O)OC)C(=O)C1NC(=O)OCc1ccccc1. The summed E-state index contributed by atoms with van der Waals surface area (Å²) < 4.78 is 10.3. The Kier molecular flexibility index (Phi) is 8.36. The molecule has 1 heterocycles. The van der Waals surface area contributed by atoms with Gasteiger partial charge in [0.2, 0.25) is 0 Å². The zero-order chi connectivity index (χ0) is 26.2. The van der Waals surface area contributed by atoms with E-state index in [-0.39, 0.29) is 19.1 Å². The number of hydrogen-bond acceptors (Lipinski definition) is 5. The van der Waals surface area contributed by atoms with Crippen LogP contribution in [0.4, 0.5) is 10.5 Å². The molecule has 1 aliphatic heterocycles. The van der Waals surface area contributed by atoms with E-state index in [1.54, 1.807) is 6.07 Å². The summed E-state index contributed by atoms with van der Waals surface area (Å²) in [7, 11) is 1.28. The van der Waals surface area contributed by atoms with Gasteiger partial charge in [-0.05, 0) is 29.2 Å². The number of esters is 1. The van der Waals surface area contributed by atoms with Crippen LogP contribution in [0.1, 0.15) is 30.0 Å². The van der Waals surface area contributed by atoms with Crippen LogP contribution in [0.25, 0.3) is 5.57 Å². The second kappa shape index (κ2) is 12.0. The number of benzene rings is 3. The lowest BCUT2D eigenvalue weighted by Crippen LogP contribution is -2.54. The van der Waals surface area contributed by atoms with Gasteiger partial charge in [-0.3, -0.25) is 14.5 Å². The number of carbonyl (C=O) groups is 3. The fourth-order valence-corrected chi connectivity index (χ4v) is 4.45. The Hall–Kier alpha value is -4.39. The van der Waals surface area contributed by atoms with Crippen molar-refractivity contribution in [1.29, 1.82) is 0 Å². The van der Waals surface area contributed by atoms with Crippen LogP contribution in [-0.4, -0.2) is 37.7 Å². The molecule has 3 aromatic rings. The molecule has 1 N–H and O–H groups in total. The zero-order valence-electron chi connectivity index (χ0n) is 20.9. The average molecular weight is 499 g/mol. The first-order chi connectivity index (χ1) is 18.0. The van der Waals surface area contributed by atoms with Gasteiger partial charge in [-0.15, -0.1) is 0 Å². The molecule has 0 radical (unpaired) electrons. The molecule has 2 amide bonds. The van der Waals surface area contributed by atoms with Crippen LogP contribution < -0.4 is 10.2 Å². The van der Waals surface area contributed by atoms with Crippen LogP contribution >= 0.6 is 0 Å². The Bertz CT molecular complexity index is 1270. The van der Waals surface area contributed by atoms with E-state index >= 15 is 0 Å². The number of carbonyl (C=O) groups excluding carboxylic acids is 3. The molecule has 0 saturated carbocycles. The smallest absolute Gasteiger partial charge is 0.408 e. The fourth-order valence-electron chi connectivity index (χ4n) is 4.45. The van der Waals surface area contributed by atoms with Crippen LogP contribution in [0, 0.1) is 5.92 Å². The highest BCUT2D eigenvalue weighted by Gasteiger charge is 2.37. The molecule has 7 heteroatoms. The summed E-state index contributed by atoms with van der Waals surface area (Å²) in [6.45, 7) is 1.74. The molecule has 190 valence electrons. The second-order valence-corrected chi connectivity index (χ2v) is 8.72. The number of nitrogens with zero attached hydrogens (tertiary/aromatic N) is 1. The number of rotatable bonds is 7. The van der Waals surface area contributed by atoms with Crippen molar-refractivity contribution in [3.05, 3.63) is 108 Å². The van der Waals surface area contributed by atoms with E-state index in [0.29, 0.717) is 12.1 Å². The minimum atomic E-state index is -0.954. The minimum absolute atomic E-state index is 0.0736. The molecule has 0 aliphatic carbocycles. The van der Waals surface area contributed by atoms with Crippen molar-refractivity contribution in [2.24, 2.45) is 5.92 Å². The number of alkyl carbamates (subject to hydrolysis) is 1. The van der Waals surface area contributed by atoms with E-state index < -0.39 is 24.0 Å². The maximum atomic E-state index is 14.0. The zero-order valence-corrected chi connectivity index (χ0v) is 20.9. The summed E-state index contributed by atoms with van der Waals surface area (Å²) in [5.41, 5.74) is 4.09. The highest BCUT2D eigenvalue weighted by atomic mass is 16.5. The first-order valence-corrected chi connectivity index (χ1v) is 12.2. The predicted molar refractivity (Wildman–Crippen MR) is 142 cm³/mol. The summed E-state index contributed by atoms with van der Waals surface area (Å²) >= 11 is 0. The van der Waals surface area contributed by atoms with Crippen molar-refractivity contribution >= 4 is 29.2 Å². The van der Waals surface area contributed by atoms with Crippen molar-refractivity contribution in [3.8, 4) is 0 Å². The molecule has 1 aliphatic rings. The number of ether oxygens (including phenoxy) is 2. The van der Waals surface area contributed by atoms with Gasteiger partial charge in [0.05, 0.1) is 12.8 Å². The van der Waals surface area contributed by atoms with Gasteiger partial charge in [0, 0.05) is 11.5 Å². The third-order valence-electron chi connectivity index (χ3n) is 6.38. The molecule has 4 rings (SSSR count). The Labute approximate surface area is 216 Å². The van der Waals surface area contributed by atoms with Crippen molar-refractivity contribution in [2.75, 3.05) is 18.6 Å². The van der Waals surface area contributed by atoms with Crippen LogP contribution in [-0.2, 0) is 25.7 Å².